The van der Waals surface area contributed by atoms with E-state index in [1.807, 2.05) is 30.3 Å². The molecule has 1 aliphatic rings. The number of hydrogen-bond acceptors (Lipinski definition) is 4. The molecule has 22 heavy (non-hydrogen) atoms. The van der Waals surface area contributed by atoms with E-state index >= 15 is 0 Å². The van der Waals surface area contributed by atoms with E-state index in [2.05, 4.69) is 10.8 Å². The van der Waals surface area contributed by atoms with Gasteiger partial charge in [0.2, 0.25) is 0 Å². The van der Waals surface area contributed by atoms with Gasteiger partial charge in [-0.25, -0.2) is 0 Å². The Balaban J connectivity index is 1.97. The first-order valence-electron chi connectivity index (χ1n) is 7.33. The summed E-state index contributed by atoms with van der Waals surface area (Å²) in [4.78, 5) is 23.0. The molecule has 0 fully saturated rings. The molecule has 0 aromatic heterocycles. The first-order valence-corrected chi connectivity index (χ1v) is 9.18. The van der Waals surface area contributed by atoms with Gasteiger partial charge in [-0.15, -0.1) is 0 Å². The fraction of sp³-hybridized carbons (Fsp3) is 0.412. The van der Waals surface area contributed by atoms with Gasteiger partial charge in [-0.3, -0.25) is 0 Å². The third-order valence-corrected chi connectivity index (χ3v) is 5.60. The molecule has 0 radical (unpaired) electrons. The Kier molecular flexibility index (Phi) is 6.69. The van der Waals surface area contributed by atoms with Crippen molar-refractivity contribution in [2.24, 2.45) is 0 Å². The summed E-state index contributed by atoms with van der Waals surface area (Å²) in [5.41, 5.74) is 1.36. The molecule has 0 N–H and O–H groups in total. The van der Waals surface area contributed by atoms with Crippen LogP contribution in [0.5, 0.6) is 0 Å². The number of ether oxygens (including phenoxy) is 2. The van der Waals surface area contributed by atoms with Gasteiger partial charge in [-0.2, -0.15) is 0 Å². The monoisotopic (exact) mass is 368 g/mol. The van der Waals surface area contributed by atoms with Crippen molar-refractivity contribution in [3.05, 3.63) is 42.0 Å². The molecule has 0 saturated carbocycles. The van der Waals surface area contributed by atoms with Crippen LogP contribution < -0.4 is 4.46 Å². The van der Waals surface area contributed by atoms with E-state index in [4.69, 9.17) is 4.74 Å². The molecular weight excluding hydrogens is 347 g/mol. The average Bonchev–Trinajstić information content (AvgIpc) is 3.00. The normalized spacial score (nSPS) is 15.0. The number of benzene rings is 1. The number of hydrogen-bond donors (Lipinski definition) is 0. The van der Waals surface area contributed by atoms with Crippen LogP contribution in [0.25, 0.3) is 0 Å². The molecule has 4 nitrogen and oxygen atoms in total. The first-order chi connectivity index (χ1) is 10.7. The predicted octanol–water partition coefficient (Wildman–Crippen LogP) is 1.95. The van der Waals surface area contributed by atoms with E-state index in [-0.39, 0.29) is 26.4 Å². The summed E-state index contributed by atoms with van der Waals surface area (Å²) < 4.78 is 11.2. The standard InChI is InChI=1S/C17H20O4Se/c1-20-15(18)12-16(19)21-17(11-13-7-5-6-8-13)22-14-9-3-2-4-10-14/h2-4,7,9-10,17H,5-6,8,11-12H2,1H3. The molecule has 118 valence electrons. The second kappa shape index (κ2) is 8.76. The van der Waals surface area contributed by atoms with E-state index in [0.29, 0.717) is 0 Å². The number of allylic oxidation sites excluding steroid dienone is 1. The van der Waals surface area contributed by atoms with Gasteiger partial charge in [0.25, 0.3) is 0 Å². The molecule has 2 rings (SSSR count). The van der Waals surface area contributed by atoms with Crippen LogP contribution in [0, 0.1) is 0 Å². The fourth-order valence-corrected chi connectivity index (χ4v) is 4.52. The van der Waals surface area contributed by atoms with Crippen molar-refractivity contribution in [2.75, 3.05) is 7.11 Å². The maximum absolute atomic E-state index is 11.9. The summed E-state index contributed by atoms with van der Waals surface area (Å²) in [6.07, 6.45) is 6.05. The quantitative estimate of drug-likeness (QED) is 0.320. The summed E-state index contributed by atoms with van der Waals surface area (Å²) in [6, 6.07) is 10.0. The molecule has 0 heterocycles. The second-order valence-corrected chi connectivity index (χ2v) is 7.65. The Labute approximate surface area is 137 Å². The van der Waals surface area contributed by atoms with Gasteiger partial charge in [-0.1, -0.05) is 0 Å². The van der Waals surface area contributed by atoms with Crippen molar-refractivity contribution in [1.82, 2.24) is 0 Å². The van der Waals surface area contributed by atoms with Gasteiger partial charge in [0.15, 0.2) is 0 Å². The minimum atomic E-state index is -0.559. The molecule has 1 aromatic rings. The molecule has 1 aromatic carbocycles. The van der Waals surface area contributed by atoms with Gasteiger partial charge < -0.3 is 0 Å². The van der Waals surface area contributed by atoms with E-state index in [1.54, 1.807) is 0 Å². The molecule has 0 aliphatic heterocycles. The average molecular weight is 367 g/mol. The molecule has 1 unspecified atom stereocenters. The van der Waals surface area contributed by atoms with Gasteiger partial charge in [0, 0.05) is 0 Å². The zero-order valence-corrected chi connectivity index (χ0v) is 14.3. The van der Waals surface area contributed by atoms with E-state index in [1.165, 1.54) is 23.6 Å². The van der Waals surface area contributed by atoms with Crippen LogP contribution in [0.4, 0.5) is 0 Å². The van der Waals surface area contributed by atoms with Crippen LogP contribution >= 0.6 is 0 Å². The third-order valence-electron chi connectivity index (χ3n) is 3.35. The Bertz CT molecular complexity index is 539. The predicted molar refractivity (Wildman–Crippen MR) is 84.9 cm³/mol. The maximum atomic E-state index is 11.9. The Hall–Kier alpha value is -1.58. The molecule has 0 saturated heterocycles. The second-order valence-electron chi connectivity index (χ2n) is 5.06. The summed E-state index contributed by atoms with van der Waals surface area (Å²) in [5.74, 6) is -1.07. The van der Waals surface area contributed by atoms with Crippen molar-refractivity contribution >= 4 is 31.4 Å². The van der Waals surface area contributed by atoms with Gasteiger partial charge in [-0.05, 0) is 0 Å². The van der Waals surface area contributed by atoms with Crippen LogP contribution in [-0.2, 0) is 19.1 Å². The summed E-state index contributed by atoms with van der Waals surface area (Å²) in [5, 5.41) is -0.170. The molecule has 1 atom stereocenters. The van der Waals surface area contributed by atoms with E-state index < -0.39 is 11.9 Å². The summed E-state index contributed by atoms with van der Waals surface area (Å²) >= 11 is 0.0243. The van der Waals surface area contributed by atoms with E-state index in [9.17, 15) is 9.59 Å². The fourth-order valence-electron chi connectivity index (χ4n) is 2.27. The van der Waals surface area contributed by atoms with Crippen molar-refractivity contribution in [1.29, 1.82) is 0 Å². The van der Waals surface area contributed by atoms with Gasteiger partial charge in [0.1, 0.15) is 0 Å². The molecule has 0 amide bonds. The van der Waals surface area contributed by atoms with Crippen LogP contribution in [0.3, 0.4) is 0 Å². The number of esters is 2. The SMILES string of the molecule is COC(=O)CC(=O)OC(CC1=CCCC1)[Se]c1ccccc1. The number of carbonyl (C=O) groups is 2. The Morgan fingerprint density at radius 2 is 2.00 bits per heavy atom. The molecule has 5 heteroatoms. The molecular formula is C17H20O4Se. The first kappa shape index (κ1) is 16.8. The van der Waals surface area contributed by atoms with Gasteiger partial charge >= 0.3 is 137 Å². The summed E-state index contributed by atoms with van der Waals surface area (Å²) in [7, 11) is 1.27. The minimum absolute atomic E-state index is 0.0243. The zero-order chi connectivity index (χ0) is 15.8. The van der Waals surface area contributed by atoms with Crippen LogP contribution in [-0.4, -0.2) is 39.0 Å². The van der Waals surface area contributed by atoms with Crippen LogP contribution in [0.1, 0.15) is 32.1 Å². The van der Waals surface area contributed by atoms with Crippen molar-refractivity contribution in [3.8, 4) is 0 Å². The van der Waals surface area contributed by atoms with Crippen LogP contribution in [0.2, 0.25) is 0 Å². The molecule has 0 bridgehead atoms. The van der Waals surface area contributed by atoms with Crippen molar-refractivity contribution < 1.29 is 19.1 Å². The Morgan fingerprint density at radius 3 is 2.64 bits per heavy atom. The number of rotatable bonds is 7. The number of methoxy groups -OCH3 is 1. The van der Waals surface area contributed by atoms with Crippen LogP contribution in [0.15, 0.2) is 42.0 Å². The molecule has 1 aliphatic carbocycles. The van der Waals surface area contributed by atoms with Crippen molar-refractivity contribution in [3.63, 3.8) is 0 Å². The van der Waals surface area contributed by atoms with Crippen molar-refractivity contribution in [2.45, 2.75) is 37.1 Å². The Morgan fingerprint density at radius 1 is 1.23 bits per heavy atom. The topological polar surface area (TPSA) is 52.6 Å². The zero-order valence-electron chi connectivity index (χ0n) is 12.6. The van der Waals surface area contributed by atoms with Gasteiger partial charge in [0.05, 0.1) is 0 Å². The third kappa shape index (κ3) is 5.66. The number of carbonyl (C=O) groups excluding carboxylic acids is 2. The molecule has 0 spiro atoms. The summed E-state index contributed by atoms with van der Waals surface area (Å²) in [6.45, 7) is 0. The van der Waals surface area contributed by atoms with E-state index in [0.717, 1.165) is 19.3 Å².